The minimum atomic E-state index is -4.31. The van der Waals surface area contributed by atoms with Crippen LogP contribution in [0.4, 0.5) is 18.9 Å². The average molecular weight is 449 g/mol. The highest BCUT2D eigenvalue weighted by atomic mass is 19.4. The number of nitrogens with one attached hydrogen (secondary N) is 2. The number of rotatable bonds is 8. The Kier molecular flexibility index (Phi) is 8.72. The highest BCUT2D eigenvalue weighted by Gasteiger charge is 2.31. The number of piperazine rings is 1. The predicted octanol–water partition coefficient (Wildman–Crippen LogP) is 3.37. The summed E-state index contributed by atoms with van der Waals surface area (Å²) < 4.78 is 38.9. The van der Waals surface area contributed by atoms with E-state index >= 15 is 0 Å². The fraction of sp³-hybridized carbons (Fsp3) is 0.478. The highest BCUT2D eigenvalue weighted by Crippen LogP contribution is 2.31. The first kappa shape index (κ1) is 23.8. The highest BCUT2D eigenvalue weighted by molar-refractivity contribution is 5.79. The average Bonchev–Trinajstić information content (AvgIpc) is 2.81. The Morgan fingerprint density at radius 1 is 1.06 bits per heavy atom. The summed E-state index contributed by atoms with van der Waals surface area (Å²) in [4.78, 5) is 13.2. The Morgan fingerprint density at radius 3 is 2.56 bits per heavy atom. The third-order valence-corrected chi connectivity index (χ3v) is 5.32. The first-order chi connectivity index (χ1) is 15.5. The smallest absolute Gasteiger partial charge is 0.369 e. The molecule has 1 aliphatic heterocycles. The van der Waals surface area contributed by atoms with E-state index in [-0.39, 0.29) is 0 Å². The molecule has 9 heteroatoms. The molecule has 1 aliphatic rings. The quantitative estimate of drug-likeness (QED) is 0.369. The largest absolute Gasteiger partial charge is 0.416 e. The molecule has 2 heterocycles. The molecule has 1 saturated heterocycles. The number of alkyl halides is 3. The van der Waals surface area contributed by atoms with Crippen molar-refractivity contribution in [1.29, 1.82) is 0 Å². The van der Waals surface area contributed by atoms with E-state index < -0.39 is 11.7 Å². The first-order valence-corrected chi connectivity index (χ1v) is 11.0. The molecular formula is C23H31F3N6. The summed E-state index contributed by atoms with van der Waals surface area (Å²) in [6.45, 7) is 8.19. The Balaban J connectivity index is 1.39. The number of nitrogens with zero attached hydrogens (tertiary/aromatic N) is 4. The van der Waals surface area contributed by atoms with Crippen LogP contribution in [0.15, 0.2) is 53.7 Å². The van der Waals surface area contributed by atoms with Crippen LogP contribution in [0.2, 0.25) is 0 Å². The topological polar surface area (TPSA) is 55.8 Å². The Labute approximate surface area is 187 Å². The maximum atomic E-state index is 13.0. The standard InChI is InChI=1S/C23H31F3N6/c1-2-27-22(30-18-20-8-3-4-10-28-20)29-11-6-12-31-13-15-32(16-14-31)21-9-5-7-19(17-21)23(24,25)26/h3-5,7-10,17H,2,6,11-16,18H2,1H3,(H2,27,29,30). The van der Waals surface area contributed by atoms with Crippen LogP contribution in [-0.4, -0.2) is 61.7 Å². The summed E-state index contributed by atoms with van der Waals surface area (Å²) in [5.41, 5.74) is 0.966. The second kappa shape index (κ2) is 11.7. The van der Waals surface area contributed by atoms with Crippen molar-refractivity contribution in [3.63, 3.8) is 0 Å². The number of anilines is 1. The van der Waals surface area contributed by atoms with Crippen molar-refractivity contribution in [1.82, 2.24) is 20.5 Å². The molecule has 0 aliphatic carbocycles. The van der Waals surface area contributed by atoms with Crippen molar-refractivity contribution in [2.24, 2.45) is 4.99 Å². The molecule has 3 rings (SSSR count). The second-order valence-electron chi connectivity index (χ2n) is 7.67. The van der Waals surface area contributed by atoms with E-state index in [2.05, 4.69) is 25.5 Å². The maximum Gasteiger partial charge on any atom is 0.416 e. The molecule has 1 fully saturated rings. The van der Waals surface area contributed by atoms with Crippen molar-refractivity contribution in [2.45, 2.75) is 26.1 Å². The minimum Gasteiger partial charge on any atom is -0.369 e. The van der Waals surface area contributed by atoms with Crippen molar-refractivity contribution in [3.05, 3.63) is 59.9 Å². The van der Waals surface area contributed by atoms with Gasteiger partial charge in [-0.2, -0.15) is 13.2 Å². The lowest BCUT2D eigenvalue weighted by molar-refractivity contribution is -0.137. The maximum absolute atomic E-state index is 13.0. The van der Waals surface area contributed by atoms with Crippen LogP contribution in [0.25, 0.3) is 0 Å². The van der Waals surface area contributed by atoms with E-state index in [1.165, 1.54) is 12.1 Å². The SMILES string of the molecule is CCNC(=NCc1ccccn1)NCCCN1CCN(c2cccc(C(F)(F)F)c2)CC1. The van der Waals surface area contributed by atoms with Gasteiger partial charge in [-0.1, -0.05) is 12.1 Å². The van der Waals surface area contributed by atoms with Crippen LogP contribution < -0.4 is 15.5 Å². The number of hydrogen-bond donors (Lipinski definition) is 2. The van der Waals surface area contributed by atoms with Crippen LogP contribution in [0, 0.1) is 0 Å². The summed E-state index contributed by atoms with van der Waals surface area (Å²) in [5, 5.41) is 6.59. The number of benzene rings is 1. The molecule has 2 N–H and O–H groups in total. The number of pyridine rings is 1. The van der Waals surface area contributed by atoms with Crippen LogP contribution in [0.3, 0.4) is 0 Å². The summed E-state index contributed by atoms with van der Waals surface area (Å²) in [7, 11) is 0. The van der Waals surface area contributed by atoms with E-state index in [0.717, 1.165) is 70.0 Å². The zero-order valence-electron chi connectivity index (χ0n) is 18.4. The fourth-order valence-electron chi connectivity index (χ4n) is 3.61. The molecule has 0 bridgehead atoms. The van der Waals surface area contributed by atoms with Crippen LogP contribution in [0.5, 0.6) is 0 Å². The minimum absolute atomic E-state index is 0.522. The van der Waals surface area contributed by atoms with Gasteiger partial charge in [0.25, 0.3) is 0 Å². The normalized spacial score (nSPS) is 15.6. The molecule has 0 spiro atoms. The van der Waals surface area contributed by atoms with Gasteiger partial charge in [0.1, 0.15) is 0 Å². The summed E-state index contributed by atoms with van der Waals surface area (Å²) in [6.07, 6.45) is -1.59. The fourth-order valence-corrected chi connectivity index (χ4v) is 3.61. The van der Waals surface area contributed by atoms with Gasteiger partial charge in [-0.3, -0.25) is 9.88 Å². The van der Waals surface area contributed by atoms with Gasteiger partial charge >= 0.3 is 6.18 Å². The number of guanidine groups is 1. The number of hydrogen-bond acceptors (Lipinski definition) is 4. The molecule has 0 unspecified atom stereocenters. The molecule has 1 aromatic carbocycles. The van der Waals surface area contributed by atoms with Crippen molar-refractivity contribution in [2.75, 3.05) is 50.7 Å². The van der Waals surface area contributed by atoms with Crippen molar-refractivity contribution >= 4 is 11.6 Å². The first-order valence-electron chi connectivity index (χ1n) is 11.0. The van der Waals surface area contributed by atoms with E-state index in [0.29, 0.717) is 12.2 Å². The molecule has 32 heavy (non-hydrogen) atoms. The molecule has 0 saturated carbocycles. The van der Waals surface area contributed by atoms with Gasteiger partial charge in [-0.25, -0.2) is 4.99 Å². The Bertz CT molecular complexity index is 848. The van der Waals surface area contributed by atoms with E-state index in [9.17, 15) is 13.2 Å². The molecule has 1 aromatic heterocycles. The molecule has 0 atom stereocenters. The van der Waals surface area contributed by atoms with Gasteiger partial charge in [-0.05, 0) is 50.2 Å². The summed E-state index contributed by atoms with van der Waals surface area (Å²) in [6, 6.07) is 11.4. The predicted molar refractivity (Wildman–Crippen MR) is 122 cm³/mol. The molecular weight excluding hydrogens is 417 g/mol. The van der Waals surface area contributed by atoms with Crippen molar-refractivity contribution in [3.8, 4) is 0 Å². The Hall–Kier alpha value is -2.81. The molecule has 0 radical (unpaired) electrons. The molecule has 6 nitrogen and oxygen atoms in total. The molecule has 174 valence electrons. The van der Waals surface area contributed by atoms with Crippen LogP contribution in [0.1, 0.15) is 24.6 Å². The van der Waals surface area contributed by atoms with Crippen molar-refractivity contribution < 1.29 is 13.2 Å². The van der Waals surface area contributed by atoms with Gasteiger partial charge in [0.05, 0.1) is 17.8 Å². The van der Waals surface area contributed by atoms with Gasteiger partial charge in [0.15, 0.2) is 5.96 Å². The zero-order valence-corrected chi connectivity index (χ0v) is 18.4. The van der Waals surface area contributed by atoms with Gasteiger partial charge in [0, 0.05) is 51.2 Å². The number of halogens is 3. The number of aliphatic imine (C=N–C) groups is 1. The summed E-state index contributed by atoms with van der Waals surface area (Å²) >= 11 is 0. The zero-order chi connectivity index (χ0) is 22.8. The number of aromatic nitrogens is 1. The Morgan fingerprint density at radius 2 is 1.88 bits per heavy atom. The van der Waals surface area contributed by atoms with Gasteiger partial charge < -0.3 is 15.5 Å². The van der Waals surface area contributed by atoms with Gasteiger partial charge in [0.2, 0.25) is 0 Å². The van der Waals surface area contributed by atoms with E-state index in [4.69, 9.17) is 0 Å². The van der Waals surface area contributed by atoms with Crippen LogP contribution in [-0.2, 0) is 12.7 Å². The lowest BCUT2D eigenvalue weighted by Gasteiger charge is -2.36. The van der Waals surface area contributed by atoms with E-state index in [1.807, 2.05) is 30.0 Å². The second-order valence-corrected chi connectivity index (χ2v) is 7.67. The monoisotopic (exact) mass is 448 g/mol. The third-order valence-electron chi connectivity index (χ3n) is 5.32. The lowest BCUT2D eigenvalue weighted by atomic mass is 10.1. The van der Waals surface area contributed by atoms with Gasteiger partial charge in [-0.15, -0.1) is 0 Å². The molecule has 0 amide bonds. The lowest BCUT2D eigenvalue weighted by Crippen LogP contribution is -2.47. The third kappa shape index (κ3) is 7.40. The molecule has 2 aromatic rings. The van der Waals surface area contributed by atoms with Crippen LogP contribution >= 0.6 is 0 Å². The summed E-state index contributed by atoms with van der Waals surface area (Å²) in [5.74, 6) is 0.771. The van der Waals surface area contributed by atoms with E-state index in [1.54, 1.807) is 12.3 Å².